The summed E-state index contributed by atoms with van der Waals surface area (Å²) in [4.78, 5) is 18.9. The molecule has 0 radical (unpaired) electrons. The molecule has 1 aromatic carbocycles. The molecule has 2 aromatic heterocycles. The Hall–Kier alpha value is -3.46. The van der Waals surface area contributed by atoms with Gasteiger partial charge in [-0.05, 0) is 43.1 Å². The van der Waals surface area contributed by atoms with Gasteiger partial charge in [-0.2, -0.15) is 4.98 Å². The van der Waals surface area contributed by atoms with Gasteiger partial charge in [0.15, 0.2) is 10.0 Å². The molecule has 2 N–H and O–H groups in total. The van der Waals surface area contributed by atoms with Gasteiger partial charge in [-0.15, -0.1) is 0 Å². The third-order valence-electron chi connectivity index (χ3n) is 6.24. The smallest absolute Gasteiger partial charge is 0.293 e. The van der Waals surface area contributed by atoms with E-state index in [0.717, 1.165) is 52.7 Å². The van der Waals surface area contributed by atoms with E-state index in [0.29, 0.717) is 40.7 Å². The average Bonchev–Trinajstić information content (AvgIpc) is 3.84. The van der Waals surface area contributed by atoms with Crippen LogP contribution < -0.4 is 9.50 Å². The van der Waals surface area contributed by atoms with Crippen LogP contribution in [0.5, 0.6) is 5.88 Å². The van der Waals surface area contributed by atoms with Gasteiger partial charge in [0.1, 0.15) is 28.1 Å². The van der Waals surface area contributed by atoms with Crippen LogP contribution >= 0.6 is 22.1 Å². The number of hydrogen-bond acceptors (Lipinski definition) is 9. The molecule has 36 heavy (non-hydrogen) atoms. The van der Waals surface area contributed by atoms with Crippen molar-refractivity contribution in [3.8, 4) is 17.7 Å². The molecule has 0 bridgehead atoms. The summed E-state index contributed by atoms with van der Waals surface area (Å²) in [6.07, 6.45) is 4.23. The van der Waals surface area contributed by atoms with E-state index in [1.165, 1.54) is 11.3 Å². The zero-order valence-corrected chi connectivity index (χ0v) is 20.9. The predicted octanol–water partition coefficient (Wildman–Crippen LogP) is 4.90. The van der Waals surface area contributed by atoms with Crippen molar-refractivity contribution in [3.63, 3.8) is 0 Å². The highest BCUT2D eigenvalue weighted by atomic mass is 32.2. The molecule has 9 nitrogen and oxygen atoms in total. The summed E-state index contributed by atoms with van der Waals surface area (Å²) >= 11 is 1.40. The van der Waals surface area contributed by atoms with Crippen molar-refractivity contribution in [2.24, 2.45) is 10.4 Å². The summed E-state index contributed by atoms with van der Waals surface area (Å²) in [7, 11) is 1.14. The molecule has 4 heterocycles. The Morgan fingerprint density at radius 1 is 1.31 bits per heavy atom. The summed E-state index contributed by atoms with van der Waals surface area (Å²) < 4.78 is 15.8. The van der Waals surface area contributed by atoms with E-state index in [1.807, 2.05) is 37.4 Å². The van der Waals surface area contributed by atoms with E-state index in [1.54, 1.807) is 0 Å². The predicted molar refractivity (Wildman–Crippen MR) is 138 cm³/mol. The molecule has 1 unspecified atom stereocenters. The highest BCUT2D eigenvalue weighted by Crippen LogP contribution is 2.64. The molecule has 4 aliphatic rings. The van der Waals surface area contributed by atoms with E-state index < -0.39 is 10.8 Å². The van der Waals surface area contributed by atoms with Crippen LogP contribution in [-0.2, 0) is 16.1 Å². The van der Waals surface area contributed by atoms with E-state index in [9.17, 15) is 9.90 Å². The van der Waals surface area contributed by atoms with E-state index >= 15 is 0 Å². The molecule has 0 saturated heterocycles. The first-order valence-electron chi connectivity index (χ1n) is 11.5. The number of thiazole rings is 1. The van der Waals surface area contributed by atoms with Gasteiger partial charge in [0.25, 0.3) is 12.4 Å². The highest BCUT2D eigenvalue weighted by Gasteiger charge is 2.62. The lowest BCUT2D eigenvalue weighted by Crippen LogP contribution is -2.38. The number of carbonyl (C=O) groups is 1. The lowest BCUT2D eigenvalue weighted by atomic mass is 10.1. The average molecular weight is 523 g/mol. The number of nitrogens with one attached hydrogen (secondary N) is 1. The number of fused-ring (bicyclic) bond motifs is 3. The van der Waals surface area contributed by atoms with Gasteiger partial charge in [0.05, 0.1) is 16.2 Å². The van der Waals surface area contributed by atoms with Crippen molar-refractivity contribution in [1.29, 1.82) is 0 Å². The van der Waals surface area contributed by atoms with Crippen LogP contribution in [0, 0.1) is 17.3 Å². The summed E-state index contributed by atoms with van der Waals surface area (Å²) in [6, 6.07) is 9.55. The number of ether oxygens (including phenoxy) is 1. The first-order valence-corrected chi connectivity index (χ1v) is 13.5. The Morgan fingerprint density at radius 3 is 2.81 bits per heavy atom. The van der Waals surface area contributed by atoms with Crippen molar-refractivity contribution in [2.45, 2.75) is 38.2 Å². The molecule has 1 atom stereocenters. The quantitative estimate of drug-likeness (QED) is 0.276. The number of aliphatic imine (C=N–C) groups is 1. The minimum atomic E-state index is -0.714. The normalized spacial score (nSPS) is 19.7. The van der Waals surface area contributed by atoms with Crippen molar-refractivity contribution in [3.05, 3.63) is 52.4 Å². The second-order valence-electron chi connectivity index (χ2n) is 8.72. The summed E-state index contributed by atoms with van der Waals surface area (Å²) in [6.45, 7) is 0.817. The fourth-order valence-electron chi connectivity index (χ4n) is 4.00. The number of benzene rings is 1. The Kier molecular flexibility index (Phi) is 5.87. The molecule has 2 fully saturated rings. The maximum atomic E-state index is 10.2. The Labute approximate surface area is 213 Å². The van der Waals surface area contributed by atoms with Crippen LogP contribution in [0.3, 0.4) is 0 Å². The minimum absolute atomic E-state index is 0.183. The number of aliphatic hydroxyl groups is 1. The number of nitrogens with zero attached hydrogens (tertiary/aromatic N) is 3. The molecule has 7 rings (SSSR count). The highest BCUT2D eigenvalue weighted by molar-refractivity contribution is 8.27. The Morgan fingerprint density at radius 2 is 2.11 bits per heavy atom. The molecule has 2 aliphatic heterocycles. The molecule has 184 valence electrons. The van der Waals surface area contributed by atoms with Gasteiger partial charge in [0.2, 0.25) is 5.76 Å². The van der Waals surface area contributed by atoms with Crippen molar-refractivity contribution in [2.75, 3.05) is 12.4 Å². The van der Waals surface area contributed by atoms with Crippen LogP contribution in [0.1, 0.15) is 53.6 Å². The molecule has 3 aromatic rings. The Bertz CT molecular complexity index is 1460. The first kappa shape index (κ1) is 23.0. The third kappa shape index (κ3) is 4.11. The second kappa shape index (κ2) is 9.20. The largest absolute Gasteiger partial charge is 0.463 e. The van der Waals surface area contributed by atoms with Gasteiger partial charge in [-0.1, -0.05) is 46.8 Å². The van der Waals surface area contributed by atoms with Gasteiger partial charge in [0, 0.05) is 13.0 Å². The fraction of sp³-hybridized carbons (Fsp3) is 0.320. The topological polar surface area (TPSA) is 119 Å². The number of aromatic nitrogens is 2. The number of hydrogen-bond donors (Lipinski definition) is 2. The fourth-order valence-corrected chi connectivity index (χ4v) is 6.78. The standard InChI is InChI=1S/C17H14N4O3S2.C8H8O2/c1-18-12-9(23-21-11(12)8-2-3-8)4-5-10-19-13-14(25-10)20-15-17(6-7-17)16(22)26(15)24-13;9-7-10-6-8-4-2-1-3-5-8/h8,18,22H,2-3,6-7H2,1H3;1-5,7H,6H2. The molecule has 11 heteroatoms. The molecule has 0 amide bonds. The number of carbonyl (C=O) groups excluding carboxylic acids is 1. The number of rotatable bonds is 5. The second-order valence-corrected chi connectivity index (χ2v) is 11.2. The van der Waals surface area contributed by atoms with E-state index in [-0.39, 0.29) is 5.41 Å². The summed E-state index contributed by atoms with van der Waals surface area (Å²) in [5.74, 6) is 7.52. The maximum Gasteiger partial charge on any atom is 0.293 e. The van der Waals surface area contributed by atoms with Gasteiger partial charge >= 0.3 is 0 Å². The van der Waals surface area contributed by atoms with Crippen LogP contribution in [0.2, 0.25) is 0 Å². The van der Waals surface area contributed by atoms with Gasteiger partial charge in [-0.3, -0.25) is 4.79 Å². The molecule has 2 aliphatic carbocycles. The van der Waals surface area contributed by atoms with Crippen LogP contribution in [0.25, 0.3) is 0 Å². The lowest BCUT2D eigenvalue weighted by Gasteiger charge is -2.33. The SMILES string of the molecule is CNc1c(C2CC2)noc1C#Cc1nc2c(s1)N=C1S(=C(O)C13CC3)O2.O=COCc1ccccc1. The number of aliphatic hydroxyl groups excluding tert-OH is 1. The van der Waals surface area contributed by atoms with Gasteiger partial charge in [-0.25, -0.2) is 4.99 Å². The monoisotopic (exact) mass is 522 g/mol. The zero-order chi connectivity index (χ0) is 24.7. The van der Waals surface area contributed by atoms with Crippen molar-refractivity contribution < 1.29 is 23.3 Å². The molecular formula is C25H22N4O5S2. The number of anilines is 1. The molecular weight excluding hydrogens is 500 g/mol. The first-order chi connectivity index (χ1) is 17.6. The molecule has 1 spiro atoms. The van der Waals surface area contributed by atoms with E-state index in [2.05, 4.69) is 37.0 Å². The maximum absolute atomic E-state index is 10.2. The van der Waals surface area contributed by atoms with Gasteiger partial charge < -0.3 is 23.9 Å². The summed E-state index contributed by atoms with van der Waals surface area (Å²) in [5.41, 5.74) is 2.66. The van der Waals surface area contributed by atoms with Crippen LogP contribution in [-0.4, -0.2) is 38.9 Å². The third-order valence-corrected chi connectivity index (χ3v) is 8.99. The lowest BCUT2D eigenvalue weighted by molar-refractivity contribution is -0.129. The van der Waals surface area contributed by atoms with Crippen LogP contribution in [0.15, 0.2) is 39.8 Å². The summed E-state index contributed by atoms with van der Waals surface area (Å²) in [5, 5.41) is 20.2. The van der Waals surface area contributed by atoms with Crippen LogP contribution in [0.4, 0.5) is 10.7 Å². The van der Waals surface area contributed by atoms with E-state index in [4.69, 9.17) is 8.71 Å². The zero-order valence-electron chi connectivity index (χ0n) is 19.3. The minimum Gasteiger partial charge on any atom is -0.463 e. The Balaban J connectivity index is 0.000000204. The van der Waals surface area contributed by atoms with Crippen molar-refractivity contribution >= 4 is 49.4 Å². The van der Waals surface area contributed by atoms with Crippen molar-refractivity contribution in [1.82, 2.24) is 10.1 Å². The molecule has 2 saturated carbocycles.